The lowest BCUT2D eigenvalue weighted by Gasteiger charge is -2.39. The standard InChI is InChI=1S/C23H21F6N5O/c24-22(25,26)16-5-15(6-17(8-16)23(27,28)29)9-33-3-4-34(18(11-33)12-35)10-14-1-2-19-20(7-14)31-13-32-21(19)30/h1-2,5-8,12-13,18H,3-4,9-11H2,(H2,30,31,32). The van der Waals surface area contributed by atoms with Gasteiger partial charge in [0.05, 0.1) is 22.7 Å². The Morgan fingerprint density at radius 2 is 1.60 bits per heavy atom. The number of nitrogen functional groups attached to an aromatic ring is 1. The number of hydrogen-bond acceptors (Lipinski definition) is 6. The van der Waals surface area contributed by atoms with E-state index in [1.54, 1.807) is 11.0 Å². The van der Waals surface area contributed by atoms with Gasteiger partial charge in [0.1, 0.15) is 18.4 Å². The van der Waals surface area contributed by atoms with Crippen molar-refractivity contribution < 1.29 is 31.1 Å². The molecule has 1 unspecified atom stereocenters. The first kappa shape index (κ1) is 24.9. The molecule has 3 aromatic rings. The van der Waals surface area contributed by atoms with E-state index in [-0.39, 0.29) is 24.7 Å². The number of piperazine rings is 1. The Labute approximate surface area is 196 Å². The zero-order valence-electron chi connectivity index (χ0n) is 18.3. The predicted octanol–water partition coefficient (Wildman–Crippen LogP) is 4.13. The van der Waals surface area contributed by atoms with E-state index in [4.69, 9.17) is 5.73 Å². The predicted molar refractivity (Wildman–Crippen MR) is 116 cm³/mol. The molecule has 6 nitrogen and oxygen atoms in total. The highest BCUT2D eigenvalue weighted by molar-refractivity contribution is 5.88. The fourth-order valence-corrected chi connectivity index (χ4v) is 4.20. The van der Waals surface area contributed by atoms with Crippen molar-refractivity contribution in [2.75, 3.05) is 25.4 Å². The summed E-state index contributed by atoms with van der Waals surface area (Å²) in [6, 6.07) is 6.44. The van der Waals surface area contributed by atoms with Crippen LogP contribution in [-0.2, 0) is 30.2 Å². The molecule has 1 atom stereocenters. The van der Waals surface area contributed by atoms with Crippen LogP contribution < -0.4 is 5.73 Å². The third kappa shape index (κ3) is 5.70. The molecule has 35 heavy (non-hydrogen) atoms. The maximum atomic E-state index is 13.2. The Kier molecular flexibility index (Phi) is 6.69. The fraction of sp³-hybridized carbons (Fsp3) is 0.348. The monoisotopic (exact) mass is 497 g/mol. The van der Waals surface area contributed by atoms with Gasteiger partial charge in [0, 0.05) is 38.1 Å². The molecular formula is C23H21F6N5O. The molecule has 0 aliphatic carbocycles. The van der Waals surface area contributed by atoms with E-state index in [0.717, 1.165) is 24.0 Å². The van der Waals surface area contributed by atoms with Gasteiger partial charge in [0.2, 0.25) is 0 Å². The number of nitrogens with two attached hydrogens (primary N) is 1. The van der Waals surface area contributed by atoms with Crippen molar-refractivity contribution in [3.8, 4) is 0 Å². The smallest absolute Gasteiger partial charge is 0.383 e. The van der Waals surface area contributed by atoms with Crippen LogP contribution >= 0.6 is 0 Å². The van der Waals surface area contributed by atoms with Crippen LogP contribution in [0, 0.1) is 0 Å². The molecule has 1 aliphatic rings. The first-order chi connectivity index (χ1) is 16.4. The molecule has 12 heteroatoms. The summed E-state index contributed by atoms with van der Waals surface area (Å²) in [4.78, 5) is 23.5. The number of benzene rings is 2. The van der Waals surface area contributed by atoms with Crippen LogP contribution in [0.3, 0.4) is 0 Å². The zero-order valence-corrected chi connectivity index (χ0v) is 18.3. The van der Waals surface area contributed by atoms with E-state index in [1.807, 2.05) is 17.0 Å². The summed E-state index contributed by atoms with van der Waals surface area (Å²) in [6.07, 6.45) is -7.72. The third-order valence-electron chi connectivity index (χ3n) is 5.95. The molecule has 1 fully saturated rings. The molecule has 1 saturated heterocycles. The van der Waals surface area contributed by atoms with E-state index in [9.17, 15) is 31.1 Å². The lowest BCUT2D eigenvalue weighted by molar-refractivity contribution is -0.143. The minimum atomic E-state index is -4.91. The highest BCUT2D eigenvalue weighted by Crippen LogP contribution is 2.36. The second kappa shape index (κ2) is 9.42. The molecule has 2 aromatic carbocycles. The number of rotatable bonds is 5. The number of fused-ring (bicyclic) bond motifs is 1. The topological polar surface area (TPSA) is 75.3 Å². The number of carbonyl (C=O) groups excluding carboxylic acids is 1. The highest BCUT2D eigenvalue weighted by Gasteiger charge is 2.37. The van der Waals surface area contributed by atoms with E-state index in [1.165, 1.54) is 6.33 Å². The van der Waals surface area contributed by atoms with Crippen molar-refractivity contribution in [2.24, 2.45) is 0 Å². The van der Waals surface area contributed by atoms with Gasteiger partial charge in [-0.25, -0.2) is 9.97 Å². The van der Waals surface area contributed by atoms with Gasteiger partial charge in [-0.3, -0.25) is 9.80 Å². The number of halogens is 6. The summed E-state index contributed by atoms with van der Waals surface area (Å²) in [7, 11) is 0. The van der Waals surface area contributed by atoms with Crippen LogP contribution in [0.25, 0.3) is 10.9 Å². The van der Waals surface area contributed by atoms with Gasteiger partial charge in [0.15, 0.2) is 0 Å². The van der Waals surface area contributed by atoms with Gasteiger partial charge in [-0.15, -0.1) is 0 Å². The SMILES string of the molecule is Nc1ncnc2cc(CN3CCN(Cc4cc(C(F)(F)F)cc(C(F)(F)F)c4)CC3C=O)ccc12. The van der Waals surface area contributed by atoms with E-state index in [2.05, 4.69) is 9.97 Å². The van der Waals surface area contributed by atoms with Gasteiger partial charge >= 0.3 is 12.4 Å². The lowest BCUT2D eigenvalue weighted by Crippen LogP contribution is -2.53. The number of aromatic nitrogens is 2. The van der Waals surface area contributed by atoms with Gasteiger partial charge in [-0.1, -0.05) is 6.07 Å². The average molecular weight is 497 g/mol. The van der Waals surface area contributed by atoms with E-state index >= 15 is 0 Å². The molecule has 1 aliphatic heterocycles. The molecular weight excluding hydrogens is 476 g/mol. The van der Waals surface area contributed by atoms with Crippen molar-refractivity contribution in [1.29, 1.82) is 0 Å². The Bertz CT molecular complexity index is 1200. The Balaban J connectivity index is 1.48. The summed E-state index contributed by atoms with van der Waals surface area (Å²) < 4.78 is 79.0. The molecule has 2 heterocycles. The van der Waals surface area contributed by atoms with Crippen LogP contribution in [0.4, 0.5) is 32.2 Å². The van der Waals surface area contributed by atoms with Crippen LogP contribution in [0.15, 0.2) is 42.7 Å². The lowest BCUT2D eigenvalue weighted by atomic mass is 10.0. The minimum Gasteiger partial charge on any atom is -0.383 e. The number of carbonyl (C=O) groups is 1. The summed E-state index contributed by atoms with van der Waals surface area (Å²) in [6.45, 7) is 1.21. The number of hydrogen-bond donors (Lipinski definition) is 1. The van der Waals surface area contributed by atoms with Gasteiger partial charge < -0.3 is 10.5 Å². The van der Waals surface area contributed by atoms with Gasteiger partial charge in [0.25, 0.3) is 0 Å². The van der Waals surface area contributed by atoms with Crippen molar-refractivity contribution in [3.63, 3.8) is 0 Å². The molecule has 0 radical (unpaired) electrons. The minimum absolute atomic E-state index is 0.109. The Morgan fingerprint density at radius 1 is 0.914 bits per heavy atom. The normalized spacial score (nSPS) is 18.2. The molecule has 0 bridgehead atoms. The van der Waals surface area contributed by atoms with E-state index < -0.39 is 29.5 Å². The van der Waals surface area contributed by atoms with Crippen LogP contribution in [0.5, 0.6) is 0 Å². The van der Waals surface area contributed by atoms with E-state index in [0.29, 0.717) is 36.4 Å². The summed E-state index contributed by atoms with van der Waals surface area (Å²) in [5.41, 5.74) is 4.55. The summed E-state index contributed by atoms with van der Waals surface area (Å²) >= 11 is 0. The molecule has 2 N–H and O–H groups in total. The van der Waals surface area contributed by atoms with Crippen molar-refractivity contribution in [2.45, 2.75) is 31.5 Å². The Hall–Kier alpha value is -3.25. The van der Waals surface area contributed by atoms with Gasteiger partial charge in [-0.05, 0) is 41.5 Å². The zero-order chi connectivity index (χ0) is 25.4. The number of aldehydes is 1. The van der Waals surface area contributed by atoms with Crippen molar-refractivity contribution in [3.05, 3.63) is 65.0 Å². The molecule has 0 amide bonds. The fourth-order valence-electron chi connectivity index (χ4n) is 4.20. The number of anilines is 1. The van der Waals surface area contributed by atoms with Gasteiger partial charge in [-0.2, -0.15) is 26.3 Å². The first-order valence-corrected chi connectivity index (χ1v) is 10.6. The Morgan fingerprint density at radius 3 is 2.23 bits per heavy atom. The maximum Gasteiger partial charge on any atom is 0.416 e. The van der Waals surface area contributed by atoms with Crippen molar-refractivity contribution >= 4 is 23.0 Å². The third-order valence-corrected chi connectivity index (χ3v) is 5.95. The molecule has 0 saturated carbocycles. The first-order valence-electron chi connectivity index (χ1n) is 10.6. The average Bonchev–Trinajstić information content (AvgIpc) is 2.79. The van der Waals surface area contributed by atoms with Crippen LogP contribution in [-0.4, -0.2) is 51.7 Å². The summed E-state index contributed by atoms with van der Waals surface area (Å²) in [5, 5.41) is 0.701. The quantitative estimate of drug-likeness (QED) is 0.422. The second-order valence-electron chi connectivity index (χ2n) is 8.43. The summed E-state index contributed by atoms with van der Waals surface area (Å²) in [5.74, 6) is 0.351. The molecule has 4 rings (SSSR count). The highest BCUT2D eigenvalue weighted by atomic mass is 19.4. The molecule has 0 spiro atoms. The van der Waals surface area contributed by atoms with Crippen molar-refractivity contribution in [1.82, 2.24) is 19.8 Å². The molecule has 186 valence electrons. The van der Waals surface area contributed by atoms with Crippen LogP contribution in [0.2, 0.25) is 0 Å². The van der Waals surface area contributed by atoms with Crippen LogP contribution in [0.1, 0.15) is 22.3 Å². The largest absolute Gasteiger partial charge is 0.416 e. The molecule has 1 aromatic heterocycles. The number of alkyl halides is 6. The number of nitrogens with zero attached hydrogens (tertiary/aromatic N) is 4. The second-order valence-corrected chi connectivity index (χ2v) is 8.43. The maximum absolute atomic E-state index is 13.2.